The minimum Gasteiger partial charge on any atom is -0.377 e. The normalized spacial score (nSPS) is 15.7. The fraction of sp³-hybridized carbons (Fsp3) is 0.500. The summed E-state index contributed by atoms with van der Waals surface area (Å²) < 4.78 is 7.08. The van der Waals surface area contributed by atoms with E-state index in [-0.39, 0.29) is 35.9 Å². The van der Waals surface area contributed by atoms with Gasteiger partial charge in [0.2, 0.25) is 0 Å². The number of hydrogen-bond acceptors (Lipinski definition) is 5. The molecular formula is C20H30IN7O2. The van der Waals surface area contributed by atoms with Gasteiger partial charge in [-0.05, 0) is 31.0 Å². The van der Waals surface area contributed by atoms with Gasteiger partial charge in [-0.25, -0.2) is 14.7 Å². The van der Waals surface area contributed by atoms with Crippen LogP contribution in [0.25, 0.3) is 0 Å². The van der Waals surface area contributed by atoms with Crippen molar-refractivity contribution in [2.24, 2.45) is 4.99 Å². The average molecular weight is 527 g/mol. The van der Waals surface area contributed by atoms with Crippen molar-refractivity contribution in [3.8, 4) is 0 Å². The zero-order chi connectivity index (χ0) is 20.6. The van der Waals surface area contributed by atoms with Crippen LogP contribution in [-0.2, 0) is 30.9 Å². The molecule has 2 heterocycles. The average Bonchev–Trinajstić information content (AvgIpc) is 3.14. The van der Waals surface area contributed by atoms with Gasteiger partial charge in [0.05, 0.1) is 13.1 Å². The molecule has 2 aromatic rings. The summed E-state index contributed by atoms with van der Waals surface area (Å²) in [6.07, 6.45) is 1.84. The Morgan fingerprint density at radius 1 is 1.33 bits per heavy atom. The third-order valence-electron chi connectivity index (χ3n) is 4.72. The number of benzene rings is 1. The Morgan fingerprint density at radius 3 is 2.77 bits per heavy atom. The van der Waals surface area contributed by atoms with E-state index in [1.807, 2.05) is 35.9 Å². The molecule has 3 rings (SSSR count). The monoisotopic (exact) mass is 527 g/mol. The second-order valence-electron chi connectivity index (χ2n) is 6.91. The van der Waals surface area contributed by atoms with Crippen molar-refractivity contribution in [1.82, 2.24) is 30.7 Å². The Bertz CT molecular complexity index is 851. The summed E-state index contributed by atoms with van der Waals surface area (Å²) in [5.74, 6) is 2.42. The minimum atomic E-state index is -0.0894. The van der Waals surface area contributed by atoms with Crippen LogP contribution in [0.2, 0.25) is 0 Å². The molecule has 1 aliphatic heterocycles. The summed E-state index contributed by atoms with van der Waals surface area (Å²) in [4.78, 5) is 20.9. The van der Waals surface area contributed by atoms with E-state index < -0.39 is 0 Å². The molecule has 9 nitrogen and oxygen atoms in total. The van der Waals surface area contributed by atoms with Gasteiger partial charge >= 0.3 is 0 Å². The minimum absolute atomic E-state index is 0. The molecule has 0 saturated heterocycles. The zero-order valence-corrected chi connectivity index (χ0v) is 20.0. The molecule has 164 valence electrons. The molecule has 1 aromatic carbocycles. The second kappa shape index (κ2) is 11.8. The van der Waals surface area contributed by atoms with E-state index in [0.717, 1.165) is 49.1 Å². The second-order valence-corrected chi connectivity index (χ2v) is 6.91. The van der Waals surface area contributed by atoms with Crippen LogP contribution in [0.1, 0.15) is 40.9 Å². The number of amides is 1. The SMILES string of the molecule is CCNC(=NCc1ccc(C(=O)NC)cc1)NC1CCc2nc(COC)nn2C1.I. The maximum Gasteiger partial charge on any atom is 0.251 e. The number of halogens is 1. The largest absolute Gasteiger partial charge is 0.377 e. The van der Waals surface area contributed by atoms with Crippen LogP contribution in [0.4, 0.5) is 0 Å². The number of aliphatic imine (C=N–C) groups is 1. The maximum absolute atomic E-state index is 11.6. The predicted molar refractivity (Wildman–Crippen MR) is 126 cm³/mol. The zero-order valence-electron chi connectivity index (χ0n) is 17.6. The highest BCUT2D eigenvalue weighted by molar-refractivity contribution is 14.0. The van der Waals surface area contributed by atoms with Gasteiger partial charge in [0, 0.05) is 38.7 Å². The molecule has 1 aromatic heterocycles. The smallest absolute Gasteiger partial charge is 0.251 e. The number of nitrogens with one attached hydrogen (secondary N) is 3. The van der Waals surface area contributed by atoms with Crippen LogP contribution >= 0.6 is 24.0 Å². The van der Waals surface area contributed by atoms with Crippen molar-refractivity contribution in [2.45, 2.75) is 45.5 Å². The number of aromatic nitrogens is 3. The summed E-state index contributed by atoms with van der Waals surface area (Å²) >= 11 is 0. The van der Waals surface area contributed by atoms with Crippen LogP contribution < -0.4 is 16.0 Å². The molecule has 0 spiro atoms. The molecule has 0 radical (unpaired) electrons. The Labute approximate surface area is 194 Å². The fourth-order valence-corrected chi connectivity index (χ4v) is 3.26. The van der Waals surface area contributed by atoms with E-state index in [2.05, 4.69) is 26.0 Å². The molecule has 1 atom stereocenters. The summed E-state index contributed by atoms with van der Waals surface area (Å²) in [5, 5.41) is 13.9. The van der Waals surface area contributed by atoms with Crippen LogP contribution in [-0.4, -0.2) is 53.4 Å². The first-order valence-electron chi connectivity index (χ1n) is 9.90. The van der Waals surface area contributed by atoms with Crippen LogP contribution in [0.3, 0.4) is 0 Å². The molecule has 0 bridgehead atoms. The van der Waals surface area contributed by atoms with Crippen LogP contribution in [0.5, 0.6) is 0 Å². The molecule has 0 aliphatic carbocycles. The van der Waals surface area contributed by atoms with Crippen molar-refractivity contribution < 1.29 is 9.53 Å². The Kier molecular flexibility index (Phi) is 9.50. The van der Waals surface area contributed by atoms with E-state index >= 15 is 0 Å². The predicted octanol–water partition coefficient (Wildman–Crippen LogP) is 1.47. The highest BCUT2D eigenvalue weighted by Crippen LogP contribution is 2.13. The van der Waals surface area contributed by atoms with Crippen molar-refractivity contribution in [3.05, 3.63) is 47.0 Å². The van der Waals surface area contributed by atoms with E-state index in [0.29, 0.717) is 18.7 Å². The first-order valence-corrected chi connectivity index (χ1v) is 9.90. The lowest BCUT2D eigenvalue weighted by molar-refractivity contribution is 0.0963. The van der Waals surface area contributed by atoms with E-state index in [1.54, 1.807) is 14.2 Å². The highest BCUT2D eigenvalue weighted by atomic mass is 127. The lowest BCUT2D eigenvalue weighted by Crippen LogP contribution is -2.47. The van der Waals surface area contributed by atoms with Crippen molar-refractivity contribution >= 4 is 35.8 Å². The summed E-state index contributed by atoms with van der Waals surface area (Å²) in [6, 6.07) is 7.71. The first-order chi connectivity index (χ1) is 14.1. The van der Waals surface area contributed by atoms with Gasteiger partial charge in [0.1, 0.15) is 12.4 Å². The molecule has 1 amide bonds. The van der Waals surface area contributed by atoms with Gasteiger partial charge in [0.15, 0.2) is 11.8 Å². The number of aryl methyl sites for hydroxylation is 1. The number of fused-ring (bicyclic) bond motifs is 1. The number of carbonyl (C=O) groups excluding carboxylic acids is 1. The van der Waals surface area contributed by atoms with Crippen LogP contribution in [0, 0.1) is 0 Å². The summed E-state index contributed by atoms with van der Waals surface area (Å²) in [6.45, 7) is 4.53. The number of guanidine groups is 1. The summed E-state index contributed by atoms with van der Waals surface area (Å²) in [7, 11) is 3.27. The number of ether oxygens (including phenoxy) is 1. The van der Waals surface area contributed by atoms with Gasteiger partial charge in [-0.3, -0.25) is 4.79 Å². The van der Waals surface area contributed by atoms with Crippen molar-refractivity contribution in [2.75, 3.05) is 20.7 Å². The van der Waals surface area contributed by atoms with Crippen molar-refractivity contribution in [1.29, 1.82) is 0 Å². The van der Waals surface area contributed by atoms with Crippen molar-refractivity contribution in [3.63, 3.8) is 0 Å². The quantitative estimate of drug-likeness (QED) is 0.286. The summed E-state index contributed by atoms with van der Waals surface area (Å²) in [5.41, 5.74) is 1.69. The number of carbonyl (C=O) groups is 1. The van der Waals surface area contributed by atoms with E-state index in [4.69, 9.17) is 9.73 Å². The first kappa shape index (κ1) is 24.1. The topological polar surface area (TPSA) is 105 Å². The van der Waals surface area contributed by atoms with Gasteiger partial charge in [-0.1, -0.05) is 12.1 Å². The molecule has 0 fully saturated rings. The lowest BCUT2D eigenvalue weighted by atomic mass is 10.1. The Balaban J connectivity index is 0.00000320. The number of methoxy groups -OCH3 is 1. The highest BCUT2D eigenvalue weighted by Gasteiger charge is 2.22. The fourth-order valence-electron chi connectivity index (χ4n) is 3.26. The molecule has 10 heteroatoms. The third-order valence-corrected chi connectivity index (χ3v) is 4.72. The van der Waals surface area contributed by atoms with Gasteiger partial charge in [0.25, 0.3) is 5.91 Å². The molecule has 0 saturated carbocycles. The Morgan fingerprint density at radius 2 is 2.10 bits per heavy atom. The number of hydrogen-bond donors (Lipinski definition) is 3. The standard InChI is InChI=1S/C20H29N7O2.HI/c1-4-22-20(23-11-14-5-7-15(8-6-14)19(28)21-2)24-16-9-10-18-25-17(13-29-3)26-27(18)12-16;/h5-8,16H,4,9-13H2,1-3H3,(H,21,28)(H2,22,23,24);1H. The van der Waals surface area contributed by atoms with E-state index in [1.165, 1.54) is 0 Å². The number of rotatable bonds is 7. The van der Waals surface area contributed by atoms with Crippen LogP contribution in [0.15, 0.2) is 29.3 Å². The maximum atomic E-state index is 11.6. The van der Waals surface area contributed by atoms with Gasteiger partial charge in [-0.15, -0.1) is 24.0 Å². The third kappa shape index (κ3) is 6.39. The number of nitrogens with zero attached hydrogens (tertiary/aromatic N) is 4. The molecule has 1 unspecified atom stereocenters. The molecule has 30 heavy (non-hydrogen) atoms. The lowest BCUT2D eigenvalue weighted by Gasteiger charge is -2.25. The molecular weight excluding hydrogens is 497 g/mol. The Hall–Kier alpha value is -2.21. The van der Waals surface area contributed by atoms with Gasteiger partial charge < -0.3 is 20.7 Å². The molecule has 1 aliphatic rings. The van der Waals surface area contributed by atoms with Gasteiger partial charge in [-0.2, -0.15) is 5.10 Å². The van der Waals surface area contributed by atoms with E-state index in [9.17, 15) is 4.79 Å². The molecule has 3 N–H and O–H groups in total.